The second-order valence-electron chi connectivity index (χ2n) is 5.11. The predicted molar refractivity (Wildman–Crippen MR) is 66.1 cm³/mol. The van der Waals surface area contributed by atoms with Crippen molar-refractivity contribution < 1.29 is 8.42 Å². The van der Waals surface area contributed by atoms with E-state index in [0.717, 1.165) is 19.4 Å². The molecule has 0 radical (unpaired) electrons. The molecule has 1 aliphatic heterocycles. The highest BCUT2D eigenvalue weighted by molar-refractivity contribution is 7.89. The number of rotatable bonds is 2. The maximum atomic E-state index is 12.4. The van der Waals surface area contributed by atoms with Crippen LogP contribution < -0.4 is 0 Å². The smallest absolute Gasteiger partial charge is 0.207 e. The summed E-state index contributed by atoms with van der Waals surface area (Å²) < 4.78 is 26.5. The summed E-state index contributed by atoms with van der Waals surface area (Å²) in [6, 6.07) is 8.78. The highest BCUT2D eigenvalue weighted by atomic mass is 32.2. The largest absolute Gasteiger partial charge is 0.243 e. The van der Waals surface area contributed by atoms with Crippen molar-refractivity contribution in [3.8, 4) is 0 Å². The van der Waals surface area contributed by atoms with Gasteiger partial charge in [0, 0.05) is 6.54 Å². The van der Waals surface area contributed by atoms with Gasteiger partial charge in [-0.3, -0.25) is 0 Å². The third-order valence-electron chi connectivity index (χ3n) is 3.98. The maximum absolute atomic E-state index is 12.4. The summed E-state index contributed by atoms with van der Waals surface area (Å²) in [4.78, 5) is 0.433. The first kappa shape index (κ1) is 11.2. The molecule has 2 fully saturated rings. The zero-order chi connectivity index (χ0) is 11.9. The van der Waals surface area contributed by atoms with Crippen LogP contribution in [0.5, 0.6) is 0 Å². The lowest BCUT2D eigenvalue weighted by atomic mass is 9.89. The molecule has 1 aromatic rings. The SMILES string of the molecule is O=S(=O)(c1ccccc1)N1CC12CCCCC2. The summed E-state index contributed by atoms with van der Waals surface area (Å²) in [7, 11) is -3.24. The number of nitrogens with zero attached hydrogens (tertiary/aromatic N) is 1. The fourth-order valence-electron chi connectivity index (χ4n) is 2.91. The Morgan fingerprint density at radius 2 is 1.65 bits per heavy atom. The molecule has 1 atom stereocenters. The fourth-order valence-corrected chi connectivity index (χ4v) is 4.77. The van der Waals surface area contributed by atoms with Crippen LogP contribution in [-0.4, -0.2) is 24.8 Å². The molecule has 3 nitrogen and oxygen atoms in total. The van der Waals surface area contributed by atoms with Crippen molar-refractivity contribution in [3.63, 3.8) is 0 Å². The number of sulfonamides is 1. The molecule has 0 N–H and O–H groups in total. The van der Waals surface area contributed by atoms with Crippen LogP contribution in [0.25, 0.3) is 0 Å². The van der Waals surface area contributed by atoms with Crippen LogP contribution in [0, 0.1) is 0 Å². The van der Waals surface area contributed by atoms with Gasteiger partial charge in [-0.25, -0.2) is 8.42 Å². The molecule has 2 aliphatic rings. The zero-order valence-electron chi connectivity index (χ0n) is 9.80. The van der Waals surface area contributed by atoms with E-state index in [9.17, 15) is 8.42 Å². The maximum Gasteiger partial charge on any atom is 0.243 e. The molecule has 3 rings (SSSR count). The Labute approximate surface area is 102 Å². The molecule has 1 aromatic carbocycles. The van der Waals surface area contributed by atoms with Gasteiger partial charge < -0.3 is 0 Å². The van der Waals surface area contributed by atoms with E-state index in [0.29, 0.717) is 4.90 Å². The normalized spacial score (nSPS) is 26.9. The van der Waals surface area contributed by atoms with Gasteiger partial charge in [0.25, 0.3) is 0 Å². The van der Waals surface area contributed by atoms with Crippen LogP contribution in [0.4, 0.5) is 0 Å². The number of benzene rings is 1. The van der Waals surface area contributed by atoms with Crippen LogP contribution in [0.1, 0.15) is 32.1 Å². The van der Waals surface area contributed by atoms with Gasteiger partial charge in [-0.1, -0.05) is 37.5 Å². The van der Waals surface area contributed by atoms with Crippen LogP contribution in [0.3, 0.4) is 0 Å². The second kappa shape index (κ2) is 3.82. The van der Waals surface area contributed by atoms with Crippen molar-refractivity contribution in [1.82, 2.24) is 4.31 Å². The number of hydrogen-bond acceptors (Lipinski definition) is 2. The molecule has 4 heteroatoms. The Hall–Kier alpha value is -0.870. The first-order valence-electron chi connectivity index (χ1n) is 6.23. The minimum absolute atomic E-state index is 0.0209. The molecular weight excluding hydrogens is 234 g/mol. The van der Waals surface area contributed by atoms with Gasteiger partial charge in [-0.2, -0.15) is 4.31 Å². The average Bonchev–Trinajstić information content (AvgIpc) is 3.06. The second-order valence-corrected chi connectivity index (χ2v) is 6.97. The first-order chi connectivity index (χ1) is 8.15. The van der Waals surface area contributed by atoms with Gasteiger partial charge in [-0.15, -0.1) is 0 Å². The molecule has 1 saturated heterocycles. The standard InChI is InChI=1S/C13H17NO2S/c15-17(16,12-7-3-1-4-8-12)14-11-13(14)9-5-2-6-10-13/h1,3-4,7-8H,2,5-6,9-11H2. The van der Waals surface area contributed by atoms with Crippen LogP contribution in [0.15, 0.2) is 35.2 Å². The summed E-state index contributed by atoms with van der Waals surface area (Å²) in [5.41, 5.74) is -0.0209. The van der Waals surface area contributed by atoms with Crippen LogP contribution in [-0.2, 0) is 10.0 Å². The summed E-state index contributed by atoms with van der Waals surface area (Å²) in [6.45, 7) is 0.726. The van der Waals surface area contributed by atoms with E-state index in [1.54, 1.807) is 28.6 Å². The summed E-state index contributed by atoms with van der Waals surface area (Å²) in [5, 5.41) is 0. The van der Waals surface area contributed by atoms with E-state index >= 15 is 0 Å². The van der Waals surface area contributed by atoms with Crippen molar-refractivity contribution in [1.29, 1.82) is 0 Å². The zero-order valence-corrected chi connectivity index (χ0v) is 10.6. The van der Waals surface area contributed by atoms with E-state index in [2.05, 4.69) is 0 Å². The van der Waals surface area contributed by atoms with E-state index < -0.39 is 10.0 Å². The Morgan fingerprint density at radius 1 is 1.00 bits per heavy atom. The molecule has 1 saturated carbocycles. The fraction of sp³-hybridized carbons (Fsp3) is 0.538. The quantitative estimate of drug-likeness (QED) is 0.757. The van der Waals surface area contributed by atoms with Gasteiger partial charge in [0.05, 0.1) is 10.4 Å². The Morgan fingerprint density at radius 3 is 2.29 bits per heavy atom. The van der Waals surface area contributed by atoms with Crippen LogP contribution >= 0.6 is 0 Å². The monoisotopic (exact) mass is 251 g/mol. The Bertz CT molecular complexity index is 503. The van der Waals surface area contributed by atoms with Crippen molar-refractivity contribution in [2.24, 2.45) is 0 Å². The Kier molecular flexibility index (Phi) is 2.52. The highest BCUT2D eigenvalue weighted by Crippen LogP contribution is 2.48. The predicted octanol–water partition coefficient (Wildman–Crippen LogP) is 2.39. The van der Waals surface area contributed by atoms with Crippen molar-refractivity contribution >= 4 is 10.0 Å². The van der Waals surface area contributed by atoms with E-state index in [4.69, 9.17) is 0 Å². The number of hydrogen-bond donors (Lipinski definition) is 0. The molecule has 0 aromatic heterocycles. The molecule has 1 aliphatic carbocycles. The third-order valence-corrected chi connectivity index (χ3v) is 5.94. The molecule has 1 unspecified atom stereocenters. The molecule has 0 bridgehead atoms. The molecule has 1 spiro atoms. The van der Waals surface area contributed by atoms with Gasteiger partial charge in [0.1, 0.15) is 0 Å². The Balaban J connectivity index is 1.87. The molecule has 17 heavy (non-hydrogen) atoms. The van der Waals surface area contributed by atoms with Crippen LogP contribution in [0.2, 0.25) is 0 Å². The van der Waals surface area contributed by atoms with Gasteiger partial charge in [0.15, 0.2) is 0 Å². The van der Waals surface area contributed by atoms with Crippen molar-refractivity contribution in [2.75, 3.05) is 6.54 Å². The van der Waals surface area contributed by atoms with Gasteiger partial charge in [0.2, 0.25) is 10.0 Å². The summed E-state index contributed by atoms with van der Waals surface area (Å²) in [5.74, 6) is 0. The minimum Gasteiger partial charge on any atom is -0.207 e. The van der Waals surface area contributed by atoms with Gasteiger partial charge >= 0.3 is 0 Å². The lowest BCUT2D eigenvalue weighted by Crippen LogP contribution is -2.26. The summed E-state index contributed by atoms with van der Waals surface area (Å²) >= 11 is 0. The highest BCUT2D eigenvalue weighted by Gasteiger charge is 2.58. The van der Waals surface area contributed by atoms with Gasteiger partial charge in [-0.05, 0) is 25.0 Å². The molecule has 0 amide bonds. The van der Waals surface area contributed by atoms with E-state index in [1.165, 1.54) is 19.3 Å². The van der Waals surface area contributed by atoms with Crippen molar-refractivity contribution in [2.45, 2.75) is 42.5 Å². The minimum atomic E-state index is -3.24. The molecule has 92 valence electrons. The lowest BCUT2D eigenvalue weighted by Gasteiger charge is -2.22. The lowest BCUT2D eigenvalue weighted by molar-refractivity contribution is 0.366. The molecular formula is C13H17NO2S. The van der Waals surface area contributed by atoms with E-state index in [-0.39, 0.29) is 5.54 Å². The topological polar surface area (TPSA) is 37.1 Å². The summed E-state index contributed by atoms with van der Waals surface area (Å²) in [6.07, 6.45) is 5.67. The first-order valence-corrected chi connectivity index (χ1v) is 7.67. The third kappa shape index (κ3) is 1.79. The molecule has 1 heterocycles. The van der Waals surface area contributed by atoms with E-state index in [1.807, 2.05) is 6.07 Å². The van der Waals surface area contributed by atoms with Crippen molar-refractivity contribution in [3.05, 3.63) is 30.3 Å². The average molecular weight is 251 g/mol.